The predicted molar refractivity (Wildman–Crippen MR) is 77.4 cm³/mol. The normalized spacial score (nSPS) is 10.2. The number of rotatable bonds is 3. The molecule has 0 spiro atoms. The Bertz CT molecular complexity index is 572. The first kappa shape index (κ1) is 12.7. The van der Waals surface area contributed by atoms with E-state index in [4.69, 9.17) is 10.5 Å². The Morgan fingerprint density at radius 1 is 1.33 bits per heavy atom. The number of nitrogens with two attached hydrogens (primary N) is 1. The molecule has 4 nitrogen and oxygen atoms in total. The number of aromatic nitrogens is 1. The van der Waals surface area contributed by atoms with Gasteiger partial charge in [-0.2, -0.15) is 0 Å². The summed E-state index contributed by atoms with van der Waals surface area (Å²) >= 11 is 3.44. The highest BCUT2D eigenvalue weighted by Crippen LogP contribution is 2.29. The Morgan fingerprint density at radius 2 is 2.11 bits per heavy atom. The first-order valence-corrected chi connectivity index (χ1v) is 6.22. The molecule has 2 rings (SSSR count). The van der Waals surface area contributed by atoms with Crippen molar-refractivity contribution in [3.63, 3.8) is 0 Å². The van der Waals surface area contributed by atoms with E-state index in [1.807, 2.05) is 31.2 Å². The van der Waals surface area contributed by atoms with Crippen LogP contribution >= 0.6 is 15.9 Å². The number of benzene rings is 1. The molecular formula is C13H14BrN3O. The van der Waals surface area contributed by atoms with Crippen molar-refractivity contribution >= 4 is 33.1 Å². The Kier molecular flexibility index (Phi) is 3.72. The maximum absolute atomic E-state index is 5.84. The summed E-state index contributed by atoms with van der Waals surface area (Å²) in [5.41, 5.74) is 8.45. The summed E-state index contributed by atoms with van der Waals surface area (Å²) in [6.07, 6.45) is 1.75. The number of nitrogens with zero attached hydrogens (tertiary/aromatic N) is 1. The SMILES string of the molecule is COc1ccc(Nc2cc(N)c(C)cn2)cc1Br. The molecule has 0 atom stereocenters. The van der Waals surface area contributed by atoms with Gasteiger partial charge in [0.1, 0.15) is 11.6 Å². The zero-order valence-corrected chi connectivity index (χ0v) is 11.8. The van der Waals surface area contributed by atoms with E-state index >= 15 is 0 Å². The lowest BCUT2D eigenvalue weighted by molar-refractivity contribution is 0.412. The topological polar surface area (TPSA) is 60.2 Å². The van der Waals surface area contributed by atoms with E-state index in [1.54, 1.807) is 13.3 Å². The van der Waals surface area contributed by atoms with E-state index < -0.39 is 0 Å². The van der Waals surface area contributed by atoms with Gasteiger partial charge in [0.2, 0.25) is 0 Å². The molecule has 0 fully saturated rings. The second-order valence-corrected chi connectivity index (χ2v) is 4.75. The average Bonchev–Trinajstić information content (AvgIpc) is 2.34. The van der Waals surface area contributed by atoms with Gasteiger partial charge < -0.3 is 15.8 Å². The van der Waals surface area contributed by atoms with Crippen LogP contribution in [-0.2, 0) is 0 Å². The van der Waals surface area contributed by atoms with Crippen molar-refractivity contribution < 1.29 is 4.74 Å². The zero-order chi connectivity index (χ0) is 13.1. The lowest BCUT2D eigenvalue weighted by Gasteiger charge is -2.09. The molecule has 0 saturated heterocycles. The van der Waals surface area contributed by atoms with E-state index in [-0.39, 0.29) is 0 Å². The summed E-state index contributed by atoms with van der Waals surface area (Å²) in [6, 6.07) is 7.54. The summed E-state index contributed by atoms with van der Waals surface area (Å²) < 4.78 is 6.06. The second kappa shape index (κ2) is 5.27. The maximum atomic E-state index is 5.84. The molecule has 0 saturated carbocycles. The number of aryl methyl sites for hydroxylation is 1. The van der Waals surface area contributed by atoms with Crippen LogP contribution in [0.4, 0.5) is 17.2 Å². The van der Waals surface area contributed by atoms with Crippen LogP contribution in [0.2, 0.25) is 0 Å². The van der Waals surface area contributed by atoms with E-state index in [9.17, 15) is 0 Å². The maximum Gasteiger partial charge on any atom is 0.133 e. The molecule has 0 bridgehead atoms. The van der Waals surface area contributed by atoms with Crippen LogP contribution in [-0.4, -0.2) is 12.1 Å². The fourth-order valence-electron chi connectivity index (χ4n) is 1.50. The van der Waals surface area contributed by atoms with Crippen molar-refractivity contribution in [2.45, 2.75) is 6.92 Å². The third kappa shape index (κ3) is 2.73. The Morgan fingerprint density at radius 3 is 2.72 bits per heavy atom. The third-order valence-corrected chi connectivity index (χ3v) is 3.19. The van der Waals surface area contributed by atoms with Crippen LogP contribution < -0.4 is 15.8 Å². The molecule has 0 radical (unpaired) electrons. The Hall–Kier alpha value is -1.75. The monoisotopic (exact) mass is 307 g/mol. The van der Waals surface area contributed by atoms with Crippen LogP contribution in [0.25, 0.3) is 0 Å². The van der Waals surface area contributed by atoms with Gasteiger partial charge in [-0.3, -0.25) is 0 Å². The minimum Gasteiger partial charge on any atom is -0.496 e. The molecule has 18 heavy (non-hydrogen) atoms. The minimum atomic E-state index is 0.718. The number of nitrogen functional groups attached to an aromatic ring is 1. The lowest BCUT2D eigenvalue weighted by atomic mass is 10.2. The fourth-order valence-corrected chi connectivity index (χ4v) is 2.04. The molecule has 1 heterocycles. The van der Waals surface area contributed by atoms with Gasteiger partial charge in [0, 0.05) is 23.6 Å². The highest BCUT2D eigenvalue weighted by Gasteiger charge is 2.03. The van der Waals surface area contributed by atoms with Gasteiger partial charge in [0.15, 0.2) is 0 Å². The fraction of sp³-hybridized carbons (Fsp3) is 0.154. The molecular weight excluding hydrogens is 294 g/mol. The third-order valence-electron chi connectivity index (χ3n) is 2.57. The van der Waals surface area contributed by atoms with Crippen LogP contribution in [0.15, 0.2) is 34.9 Å². The van der Waals surface area contributed by atoms with Crippen molar-refractivity contribution in [1.29, 1.82) is 0 Å². The van der Waals surface area contributed by atoms with Crippen LogP contribution in [0.5, 0.6) is 5.75 Å². The molecule has 0 aliphatic heterocycles. The molecule has 0 amide bonds. The molecule has 94 valence electrons. The summed E-state index contributed by atoms with van der Waals surface area (Å²) in [7, 11) is 1.63. The standard InChI is InChI=1S/C13H14BrN3O/c1-8-7-16-13(6-11(8)15)17-9-3-4-12(18-2)10(14)5-9/h3-7H,1-2H3,(H3,15,16,17). The molecule has 5 heteroatoms. The largest absolute Gasteiger partial charge is 0.496 e. The molecule has 3 N–H and O–H groups in total. The zero-order valence-electron chi connectivity index (χ0n) is 10.2. The summed E-state index contributed by atoms with van der Waals surface area (Å²) in [4.78, 5) is 4.27. The van der Waals surface area contributed by atoms with Crippen LogP contribution in [0.3, 0.4) is 0 Å². The van der Waals surface area contributed by atoms with Crippen LogP contribution in [0.1, 0.15) is 5.56 Å². The molecule has 0 aliphatic carbocycles. The first-order chi connectivity index (χ1) is 8.60. The number of halogens is 1. The lowest BCUT2D eigenvalue weighted by Crippen LogP contribution is -1.97. The van der Waals surface area contributed by atoms with Gasteiger partial charge in [-0.25, -0.2) is 4.98 Å². The minimum absolute atomic E-state index is 0.718. The quantitative estimate of drug-likeness (QED) is 0.911. The van der Waals surface area contributed by atoms with E-state index in [0.717, 1.165) is 33.0 Å². The number of hydrogen-bond acceptors (Lipinski definition) is 4. The van der Waals surface area contributed by atoms with Crippen molar-refractivity contribution in [1.82, 2.24) is 4.98 Å². The molecule has 0 aliphatic rings. The van der Waals surface area contributed by atoms with Gasteiger partial charge in [0.05, 0.1) is 11.6 Å². The van der Waals surface area contributed by atoms with E-state index in [1.165, 1.54) is 0 Å². The molecule has 1 aromatic heterocycles. The molecule has 1 aromatic carbocycles. The number of methoxy groups -OCH3 is 1. The number of anilines is 3. The number of ether oxygens (including phenoxy) is 1. The van der Waals surface area contributed by atoms with Gasteiger partial charge in [-0.1, -0.05) is 0 Å². The van der Waals surface area contributed by atoms with Crippen LogP contribution in [0, 0.1) is 6.92 Å². The summed E-state index contributed by atoms with van der Waals surface area (Å²) in [6.45, 7) is 1.93. The Labute approximate surface area is 114 Å². The van der Waals surface area contributed by atoms with E-state index in [2.05, 4.69) is 26.2 Å². The average molecular weight is 308 g/mol. The first-order valence-electron chi connectivity index (χ1n) is 5.43. The summed E-state index contributed by atoms with van der Waals surface area (Å²) in [5, 5.41) is 3.19. The molecule has 0 unspecified atom stereocenters. The van der Waals surface area contributed by atoms with Crippen molar-refractivity contribution in [3.05, 3.63) is 40.5 Å². The van der Waals surface area contributed by atoms with E-state index in [0.29, 0.717) is 0 Å². The second-order valence-electron chi connectivity index (χ2n) is 3.90. The van der Waals surface area contributed by atoms with Crippen molar-refractivity contribution in [2.75, 3.05) is 18.2 Å². The molecule has 2 aromatic rings. The van der Waals surface area contributed by atoms with Gasteiger partial charge in [-0.15, -0.1) is 0 Å². The van der Waals surface area contributed by atoms with Gasteiger partial charge in [0.25, 0.3) is 0 Å². The highest BCUT2D eigenvalue weighted by molar-refractivity contribution is 9.10. The number of pyridine rings is 1. The predicted octanol–water partition coefficient (Wildman–Crippen LogP) is 3.49. The highest BCUT2D eigenvalue weighted by atomic mass is 79.9. The smallest absolute Gasteiger partial charge is 0.133 e. The van der Waals surface area contributed by atoms with Gasteiger partial charge >= 0.3 is 0 Å². The summed E-state index contributed by atoms with van der Waals surface area (Å²) in [5.74, 6) is 1.51. The van der Waals surface area contributed by atoms with Crippen molar-refractivity contribution in [2.24, 2.45) is 0 Å². The van der Waals surface area contributed by atoms with Crippen molar-refractivity contribution in [3.8, 4) is 5.75 Å². The Balaban J connectivity index is 2.23. The number of nitrogens with one attached hydrogen (secondary N) is 1. The number of hydrogen-bond donors (Lipinski definition) is 2. The van der Waals surface area contributed by atoms with Gasteiger partial charge in [-0.05, 0) is 46.6 Å².